The van der Waals surface area contributed by atoms with Gasteiger partial charge < -0.3 is 19.4 Å². The molecule has 10 heteroatoms. The molecule has 0 unspecified atom stereocenters. The molecule has 4 heterocycles. The fraction of sp³-hybridized carbons (Fsp3) is 0.370. The molecule has 5 rings (SSSR count). The van der Waals surface area contributed by atoms with Crippen LogP contribution < -0.4 is 5.32 Å². The first-order chi connectivity index (χ1) is 18.1. The van der Waals surface area contributed by atoms with Crippen molar-refractivity contribution in [2.75, 3.05) is 52.4 Å². The van der Waals surface area contributed by atoms with E-state index >= 15 is 0 Å². The van der Waals surface area contributed by atoms with E-state index in [4.69, 9.17) is 14.1 Å². The van der Waals surface area contributed by atoms with Crippen LogP contribution >= 0.6 is 22.7 Å². The van der Waals surface area contributed by atoms with E-state index in [0.717, 1.165) is 72.1 Å². The maximum atomic E-state index is 12.9. The number of para-hydroxylation sites is 1. The molecule has 3 aromatic heterocycles. The summed E-state index contributed by atoms with van der Waals surface area (Å²) in [6, 6.07) is 11.8. The number of furan rings is 1. The maximum absolute atomic E-state index is 12.9. The SMILES string of the molecule is CCOC(=O)CN1CCN(CCCNC(=O)c2sccc2-c2nc(-c3cc4ccccc4o3)cs2)CC1. The van der Waals surface area contributed by atoms with E-state index in [9.17, 15) is 9.59 Å². The van der Waals surface area contributed by atoms with Crippen LogP contribution in [-0.2, 0) is 9.53 Å². The Hall–Kier alpha value is -3.05. The van der Waals surface area contributed by atoms with Crippen LogP contribution in [0.2, 0.25) is 0 Å². The van der Waals surface area contributed by atoms with Gasteiger partial charge in [-0.1, -0.05) is 18.2 Å². The molecule has 37 heavy (non-hydrogen) atoms. The van der Waals surface area contributed by atoms with E-state index in [1.807, 2.05) is 54.1 Å². The minimum atomic E-state index is -0.157. The maximum Gasteiger partial charge on any atom is 0.320 e. The molecule has 1 N–H and O–H groups in total. The highest BCUT2D eigenvalue weighted by Crippen LogP contribution is 2.35. The highest BCUT2D eigenvalue weighted by Gasteiger charge is 2.20. The first kappa shape index (κ1) is 25.6. The number of piperazine rings is 1. The van der Waals surface area contributed by atoms with Gasteiger partial charge in [-0.2, -0.15) is 0 Å². The van der Waals surface area contributed by atoms with E-state index in [2.05, 4.69) is 15.1 Å². The number of ether oxygens (including phenoxy) is 1. The number of fused-ring (bicyclic) bond motifs is 1. The van der Waals surface area contributed by atoms with Gasteiger partial charge in [-0.05, 0) is 43.5 Å². The van der Waals surface area contributed by atoms with Crippen molar-refractivity contribution in [2.45, 2.75) is 13.3 Å². The molecule has 4 aromatic rings. The third-order valence-electron chi connectivity index (χ3n) is 6.34. The zero-order valence-corrected chi connectivity index (χ0v) is 22.4. The van der Waals surface area contributed by atoms with Crippen molar-refractivity contribution < 1.29 is 18.7 Å². The van der Waals surface area contributed by atoms with Gasteiger partial charge in [0.15, 0.2) is 5.76 Å². The number of hydrogen-bond donors (Lipinski definition) is 1. The van der Waals surface area contributed by atoms with Gasteiger partial charge in [0, 0.05) is 49.1 Å². The largest absolute Gasteiger partial charge is 0.465 e. The van der Waals surface area contributed by atoms with E-state index < -0.39 is 0 Å². The Morgan fingerprint density at radius 3 is 2.73 bits per heavy atom. The lowest BCUT2D eigenvalue weighted by molar-refractivity contribution is -0.144. The summed E-state index contributed by atoms with van der Waals surface area (Å²) in [6.45, 7) is 7.68. The van der Waals surface area contributed by atoms with Crippen molar-refractivity contribution in [3.8, 4) is 22.0 Å². The predicted octanol–water partition coefficient (Wildman–Crippen LogP) is 4.59. The van der Waals surface area contributed by atoms with Gasteiger partial charge in [-0.15, -0.1) is 22.7 Å². The number of hydrogen-bond acceptors (Lipinski definition) is 9. The highest BCUT2D eigenvalue weighted by atomic mass is 32.1. The van der Waals surface area contributed by atoms with Gasteiger partial charge in [0.2, 0.25) is 0 Å². The quantitative estimate of drug-likeness (QED) is 0.233. The summed E-state index contributed by atoms with van der Waals surface area (Å²) >= 11 is 2.95. The van der Waals surface area contributed by atoms with Crippen LogP contribution in [0.1, 0.15) is 23.0 Å². The van der Waals surface area contributed by atoms with Gasteiger partial charge in [0.25, 0.3) is 5.91 Å². The minimum Gasteiger partial charge on any atom is -0.465 e. The fourth-order valence-corrected chi connectivity index (χ4v) is 6.13. The summed E-state index contributed by atoms with van der Waals surface area (Å²) < 4.78 is 11.0. The molecule has 0 atom stereocenters. The number of aromatic nitrogens is 1. The van der Waals surface area contributed by atoms with Crippen molar-refractivity contribution >= 4 is 45.5 Å². The predicted molar refractivity (Wildman–Crippen MR) is 147 cm³/mol. The Kier molecular flexibility index (Phi) is 8.30. The van der Waals surface area contributed by atoms with Crippen LogP contribution in [0.15, 0.2) is 51.6 Å². The second-order valence-corrected chi connectivity index (χ2v) is 10.7. The molecule has 0 bridgehead atoms. The molecule has 1 amide bonds. The molecular weight excluding hydrogens is 508 g/mol. The molecule has 1 aliphatic heterocycles. The van der Waals surface area contributed by atoms with Crippen molar-refractivity contribution in [2.24, 2.45) is 0 Å². The van der Waals surface area contributed by atoms with Gasteiger partial charge in [0.05, 0.1) is 13.2 Å². The average Bonchev–Trinajstić information content (AvgIpc) is 3.66. The number of nitrogens with one attached hydrogen (secondary N) is 1. The standard InChI is InChI=1S/C27H30N4O4S2/c1-2-34-24(32)17-31-13-11-30(12-14-31)10-5-9-28-26(33)25-20(8-15-36-25)27-29-21(18-37-27)23-16-19-6-3-4-7-22(19)35-23/h3-4,6-8,15-16,18H,2,5,9-14,17H2,1H3,(H,28,33). The number of carbonyl (C=O) groups is 2. The smallest absolute Gasteiger partial charge is 0.320 e. The zero-order valence-electron chi connectivity index (χ0n) is 20.8. The lowest BCUT2D eigenvalue weighted by atomic mass is 10.2. The number of rotatable bonds is 10. The molecule has 194 valence electrons. The number of thiophene rings is 1. The Balaban J connectivity index is 1.10. The summed E-state index contributed by atoms with van der Waals surface area (Å²) in [5.74, 6) is 0.506. The van der Waals surface area contributed by atoms with Gasteiger partial charge in [-0.25, -0.2) is 4.98 Å². The molecule has 0 saturated carbocycles. The number of thiazole rings is 1. The van der Waals surface area contributed by atoms with E-state index in [-0.39, 0.29) is 11.9 Å². The first-order valence-corrected chi connectivity index (χ1v) is 14.3. The molecule has 1 aromatic carbocycles. The molecule has 0 aliphatic carbocycles. The van der Waals surface area contributed by atoms with Crippen molar-refractivity contribution in [1.29, 1.82) is 0 Å². The van der Waals surface area contributed by atoms with Crippen LogP contribution in [0.3, 0.4) is 0 Å². The number of esters is 1. The third-order valence-corrected chi connectivity index (χ3v) is 8.13. The second-order valence-electron chi connectivity index (χ2n) is 8.88. The third kappa shape index (κ3) is 6.27. The monoisotopic (exact) mass is 538 g/mol. The van der Waals surface area contributed by atoms with Crippen LogP contribution in [0.5, 0.6) is 0 Å². The molecule has 1 saturated heterocycles. The molecule has 8 nitrogen and oxygen atoms in total. The fourth-order valence-electron chi connectivity index (χ4n) is 4.42. The molecule has 0 spiro atoms. The normalized spacial score (nSPS) is 14.7. The summed E-state index contributed by atoms with van der Waals surface area (Å²) in [5, 5.41) is 8.83. The zero-order chi connectivity index (χ0) is 25.6. The highest BCUT2D eigenvalue weighted by molar-refractivity contribution is 7.15. The number of benzene rings is 1. The average molecular weight is 539 g/mol. The van der Waals surface area contributed by atoms with E-state index in [0.29, 0.717) is 24.6 Å². The number of carbonyl (C=O) groups excluding carboxylic acids is 2. The summed E-state index contributed by atoms with van der Waals surface area (Å²) in [5.41, 5.74) is 2.46. The van der Waals surface area contributed by atoms with Crippen LogP contribution in [-0.4, -0.2) is 79.1 Å². The number of amides is 1. The molecular formula is C27H30N4O4S2. The molecule has 1 fully saturated rings. The van der Waals surface area contributed by atoms with Gasteiger partial charge >= 0.3 is 5.97 Å². The lowest BCUT2D eigenvalue weighted by Crippen LogP contribution is -2.48. The van der Waals surface area contributed by atoms with Gasteiger partial charge in [-0.3, -0.25) is 14.5 Å². The van der Waals surface area contributed by atoms with Crippen LogP contribution in [0.25, 0.3) is 33.0 Å². The summed E-state index contributed by atoms with van der Waals surface area (Å²) in [7, 11) is 0. The minimum absolute atomic E-state index is 0.0651. The topological polar surface area (TPSA) is 87.9 Å². The number of nitrogens with zero attached hydrogens (tertiary/aromatic N) is 3. The first-order valence-electron chi connectivity index (χ1n) is 12.5. The summed E-state index contributed by atoms with van der Waals surface area (Å²) in [4.78, 5) is 34.5. The lowest BCUT2D eigenvalue weighted by Gasteiger charge is -2.34. The van der Waals surface area contributed by atoms with E-state index in [1.165, 1.54) is 22.7 Å². The second kappa shape index (κ2) is 12.0. The molecule has 1 aliphatic rings. The van der Waals surface area contributed by atoms with Crippen molar-refractivity contribution in [3.05, 3.63) is 52.0 Å². The van der Waals surface area contributed by atoms with Gasteiger partial charge in [0.1, 0.15) is 21.2 Å². The van der Waals surface area contributed by atoms with Crippen molar-refractivity contribution in [3.63, 3.8) is 0 Å². The van der Waals surface area contributed by atoms with Crippen molar-refractivity contribution in [1.82, 2.24) is 20.1 Å². The van der Waals surface area contributed by atoms with E-state index in [1.54, 1.807) is 0 Å². The Bertz CT molecular complexity index is 1320. The summed E-state index contributed by atoms with van der Waals surface area (Å²) in [6.07, 6.45) is 0.873. The Labute approximate surface area is 223 Å². The van der Waals surface area contributed by atoms with Crippen LogP contribution in [0.4, 0.5) is 0 Å². The van der Waals surface area contributed by atoms with Crippen LogP contribution in [0, 0.1) is 0 Å². The Morgan fingerprint density at radius 2 is 1.92 bits per heavy atom. The molecule has 0 radical (unpaired) electrons. The Morgan fingerprint density at radius 1 is 1.11 bits per heavy atom.